The third-order valence-corrected chi connectivity index (χ3v) is 2.29. The maximum absolute atomic E-state index is 11.8. The lowest BCUT2D eigenvalue weighted by Gasteiger charge is -2.28. The van der Waals surface area contributed by atoms with Crippen LogP contribution in [0.1, 0.15) is 25.7 Å². The number of rotatable bonds is 2. The molecule has 0 unspecified atom stereocenters. The van der Waals surface area contributed by atoms with E-state index in [0.29, 0.717) is 12.8 Å². The van der Waals surface area contributed by atoms with Crippen LogP contribution < -0.4 is 5.32 Å². The molecule has 5 heteroatoms. The van der Waals surface area contributed by atoms with Gasteiger partial charge in [-0.05, 0) is 12.8 Å². The highest BCUT2D eigenvalue weighted by Gasteiger charge is 2.30. The number of nitrogens with one attached hydrogen (secondary N) is 1. The fraction of sp³-hybridized carbons (Fsp3) is 1.00. The Kier molecular flexibility index (Phi) is 3.55. The lowest BCUT2D eigenvalue weighted by molar-refractivity contribution is -0.128. The first-order valence-corrected chi connectivity index (χ1v) is 4.47. The van der Waals surface area contributed by atoms with Crippen LogP contribution >= 0.6 is 0 Å². The lowest BCUT2D eigenvalue weighted by Crippen LogP contribution is -2.45. The Labute approximate surface area is 75.1 Å². The van der Waals surface area contributed by atoms with Crippen molar-refractivity contribution < 1.29 is 18.3 Å². The third-order valence-electron chi connectivity index (χ3n) is 2.29. The van der Waals surface area contributed by atoms with Crippen molar-refractivity contribution >= 4 is 0 Å². The molecule has 0 amide bonds. The number of halogens is 3. The van der Waals surface area contributed by atoms with Gasteiger partial charge in [0.25, 0.3) is 0 Å². The number of aliphatic hydroxyl groups is 1. The van der Waals surface area contributed by atoms with Crippen LogP contribution in [0.15, 0.2) is 0 Å². The predicted octanol–water partition coefficient (Wildman–Crippen LogP) is 1.44. The molecule has 1 saturated carbocycles. The van der Waals surface area contributed by atoms with Gasteiger partial charge in [-0.15, -0.1) is 0 Å². The monoisotopic (exact) mass is 197 g/mol. The zero-order valence-electron chi connectivity index (χ0n) is 7.27. The highest BCUT2D eigenvalue weighted by molar-refractivity contribution is 4.80. The molecule has 0 saturated heterocycles. The molecule has 1 rings (SSSR count). The molecule has 0 aromatic heterocycles. The van der Waals surface area contributed by atoms with Gasteiger partial charge in [-0.25, -0.2) is 0 Å². The van der Waals surface area contributed by atoms with Crippen molar-refractivity contribution in [2.24, 2.45) is 0 Å². The Balaban J connectivity index is 2.27. The Morgan fingerprint density at radius 2 is 1.85 bits per heavy atom. The van der Waals surface area contributed by atoms with E-state index in [4.69, 9.17) is 0 Å². The molecule has 1 aliphatic rings. The van der Waals surface area contributed by atoms with E-state index in [-0.39, 0.29) is 6.04 Å². The molecule has 2 N–H and O–H groups in total. The minimum absolute atomic E-state index is 0.379. The standard InChI is InChI=1S/C8H14F3NO/c9-8(10,11)5-12-6-3-1-2-4-7(6)13/h6-7,12-13H,1-5H2/t6-,7-/m0/s1. The molecule has 13 heavy (non-hydrogen) atoms. The zero-order chi connectivity index (χ0) is 9.90. The topological polar surface area (TPSA) is 32.3 Å². The number of alkyl halides is 3. The highest BCUT2D eigenvalue weighted by Crippen LogP contribution is 2.20. The normalized spacial score (nSPS) is 30.5. The van der Waals surface area contributed by atoms with Gasteiger partial charge < -0.3 is 10.4 Å². The van der Waals surface area contributed by atoms with E-state index >= 15 is 0 Å². The van der Waals surface area contributed by atoms with Gasteiger partial charge in [0.05, 0.1) is 12.6 Å². The van der Waals surface area contributed by atoms with E-state index in [0.717, 1.165) is 12.8 Å². The van der Waals surface area contributed by atoms with Crippen LogP contribution in [-0.2, 0) is 0 Å². The summed E-state index contributed by atoms with van der Waals surface area (Å²) in [6, 6.07) is -0.379. The minimum atomic E-state index is -4.18. The molecule has 0 radical (unpaired) electrons. The number of hydrogen-bond acceptors (Lipinski definition) is 2. The Morgan fingerprint density at radius 3 is 2.38 bits per heavy atom. The van der Waals surface area contributed by atoms with Crippen molar-refractivity contribution in [2.45, 2.75) is 44.0 Å². The summed E-state index contributed by atoms with van der Waals surface area (Å²) in [6.07, 6.45) is -1.75. The summed E-state index contributed by atoms with van der Waals surface area (Å²) in [5.74, 6) is 0. The van der Waals surface area contributed by atoms with Gasteiger partial charge in [0.2, 0.25) is 0 Å². The second-order valence-corrected chi connectivity index (χ2v) is 3.45. The van der Waals surface area contributed by atoms with Gasteiger partial charge in [0.1, 0.15) is 0 Å². The van der Waals surface area contributed by atoms with E-state index in [1.807, 2.05) is 0 Å². The summed E-state index contributed by atoms with van der Waals surface area (Å²) in [7, 11) is 0. The first kappa shape index (κ1) is 10.8. The van der Waals surface area contributed by atoms with E-state index in [1.165, 1.54) is 0 Å². The quantitative estimate of drug-likeness (QED) is 0.702. The molecular formula is C8H14F3NO. The van der Waals surface area contributed by atoms with Gasteiger partial charge >= 0.3 is 6.18 Å². The fourth-order valence-electron chi connectivity index (χ4n) is 1.60. The number of aliphatic hydroxyl groups excluding tert-OH is 1. The van der Waals surface area contributed by atoms with E-state index in [2.05, 4.69) is 5.32 Å². The van der Waals surface area contributed by atoms with Crippen molar-refractivity contribution in [1.82, 2.24) is 5.32 Å². The first-order valence-electron chi connectivity index (χ1n) is 4.47. The van der Waals surface area contributed by atoms with Crippen LogP contribution in [-0.4, -0.2) is 30.0 Å². The van der Waals surface area contributed by atoms with Crippen molar-refractivity contribution in [2.75, 3.05) is 6.54 Å². The summed E-state index contributed by atoms with van der Waals surface area (Å²) in [6.45, 7) is -1.01. The molecule has 0 bridgehead atoms. The molecule has 2 atom stereocenters. The van der Waals surface area contributed by atoms with Crippen molar-refractivity contribution in [3.8, 4) is 0 Å². The molecular weight excluding hydrogens is 183 g/mol. The second kappa shape index (κ2) is 4.28. The van der Waals surface area contributed by atoms with Crippen LogP contribution in [0, 0.1) is 0 Å². The zero-order valence-corrected chi connectivity index (χ0v) is 7.27. The maximum Gasteiger partial charge on any atom is 0.401 e. The molecule has 0 aromatic carbocycles. The van der Waals surface area contributed by atoms with Crippen molar-refractivity contribution in [3.63, 3.8) is 0 Å². The van der Waals surface area contributed by atoms with Crippen LogP contribution in [0.25, 0.3) is 0 Å². The molecule has 1 aliphatic carbocycles. The van der Waals surface area contributed by atoms with Crippen molar-refractivity contribution in [1.29, 1.82) is 0 Å². The highest BCUT2D eigenvalue weighted by atomic mass is 19.4. The summed E-state index contributed by atoms with van der Waals surface area (Å²) in [5, 5.41) is 11.7. The van der Waals surface area contributed by atoms with Gasteiger partial charge in [-0.1, -0.05) is 12.8 Å². The second-order valence-electron chi connectivity index (χ2n) is 3.45. The van der Waals surface area contributed by atoms with E-state index in [9.17, 15) is 18.3 Å². The van der Waals surface area contributed by atoms with Gasteiger partial charge in [0.15, 0.2) is 0 Å². The molecule has 0 heterocycles. The smallest absolute Gasteiger partial charge is 0.392 e. The first-order chi connectivity index (χ1) is 5.99. The Hall–Kier alpha value is -0.290. The van der Waals surface area contributed by atoms with Gasteiger partial charge in [-0.3, -0.25) is 0 Å². The summed E-state index contributed by atoms with van der Waals surface area (Å²) >= 11 is 0. The van der Waals surface area contributed by atoms with Gasteiger partial charge in [-0.2, -0.15) is 13.2 Å². The fourth-order valence-corrected chi connectivity index (χ4v) is 1.60. The summed E-state index contributed by atoms with van der Waals surface area (Å²) < 4.78 is 35.4. The van der Waals surface area contributed by atoms with E-state index < -0.39 is 18.8 Å². The number of hydrogen-bond donors (Lipinski definition) is 2. The summed E-state index contributed by atoms with van der Waals surface area (Å²) in [4.78, 5) is 0. The van der Waals surface area contributed by atoms with Crippen LogP contribution in [0.4, 0.5) is 13.2 Å². The van der Waals surface area contributed by atoms with Crippen molar-refractivity contribution in [3.05, 3.63) is 0 Å². The Bertz CT molecular complexity index is 160. The van der Waals surface area contributed by atoms with Crippen LogP contribution in [0.3, 0.4) is 0 Å². The largest absolute Gasteiger partial charge is 0.401 e. The SMILES string of the molecule is O[C@H]1CCCC[C@@H]1NCC(F)(F)F. The molecule has 78 valence electrons. The maximum atomic E-state index is 11.8. The molecule has 0 aliphatic heterocycles. The third kappa shape index (κ3) is 3.95. The predicted molar refractivity (Wildman–Crippen MR) is 42.3 cm³/mol. The Morgan fingerprint density at radius 1 is 1.23 bits per heavy atom. The van der Waals surface area contributed by atoms with Crippen LogP contribution in [0.2, 0.25) is 0 Å². The average molecular weight is 197 g/mol. The van der Waals surface area contributed by atoms with E-state index in [1.54, 1.807) is 0 Å². The summed E-state index contributed by atoms with van der Waals surface area (Å²) in [5.41, 5.74) is 0. The molecule has 1 fully saturated rings. The molecule has 0 aromatic rings. The van der Waals surface area contributed by atoms with Crippen LogP contribution in [0.5, 0.6) is 0 Å². The minimum Gasteiger partial charge on any atom is -0.392 e. The lowest BCUT2D eigenvalue weighted by atomic mass is 9.93. The molecule has 0 spiro atoms. The van der Waals surface area contributed by atoms with Gasteiger partial charge in [0, 0.05) is 6.04 Å². The molecule has 2 nitrogen and oxygen atoms in total. The average Bonchev–Trinajstić information content (AvgIpc) is 2.01.